The molecule has 3 nitrogen and oxygen atoms in total. The molecule has 0 bridgehead atoms. The van der Waals surface area contributed by atoms with Crippen LogP contribution in [0.1, 0.15) is 27.9 Å². The van der Waals surface area contributed by atoms with Crippen LogP contribution in [0, 0.1) is 5.92 Å². The number of benzene rings is 1. The Labute approximate surface area is 95.5 Å². The number of carboxylic acids is 1. The molecule has 2 N–H and O–H groups in total. The average Bonchev–Trinajstić information content (AvgIpc) is 2.28. The highest BCUT2D eigenvalue weighted by atomic mass is 16.4. The molecule has 0 amide bonds. The minimum Gasteiger partial charge on any atom is -0.478 e. The van der Waals surface area contributed by atoms with Crippen LogP contribution in [0.4, 0.5) is 0 Å². The van der Waals surface area contributed by atoms with Crippen molar-refractivity contribution < 1.29 is 9.90 Å². The second-order valence-electron chi connectivity index (χ2n) is 4.41. The van der Waals surface area contributed by atoms with Crippen molar-refractivity contribution in [3.8, 4) is 0 Å². The van der Waals surface area contributed by atoms with Crippen molar-refractivity contribution in [1.29, 1.82) is 0 Å². The van der Waals surface area contributed by atoms with Gasteiger partial charge in [-0.15, -0.1) is 0 Å². The summed E-state index contributed by atoms with van der Waals surface area (Å²) in [7, 11) is 1.96. The summed E-state index contributed by atoms with van der Waals surface area (Å²) >= 11 is 0. The van der Waals surface area contributed by atoms with Gasteiger partial charge in [0.2, 0.25) is 0 Å². The summed E-state index contributed by atoms with van der Waals surface area (Å²) in [6, 6.07) is 5.62. The Hall–Kier alpha value is -1.35. The fourth-order valence-electron chi connectivity index (χ4n) is 2.55. The maximum atomic E-state index is 11.1. The molecule has 1 aromatic rings. The fraction of sp³-hybridized carbons (Fsp3) is 0.462. The number of hydrogen-bond donors (Lipinski definition) is 2. The van der Waals surface area contributed by atoms with E-state index in [1.807, 2.05) is 13.1 Å². The number of carboxylic acid groups (broad SMARTS) is 1. The van der Waals surface area contributed by atoms with Crippen LogP contribution >= 0.6 is 0 Å². The molecule has 0 aromatic heterocycles. The maximum Gasteiger partial charge on any atom is 0.335 e. The van der Waals surface area contributed by atoms with Gasteiger partial charge in [0.05, 0.1) is 5.56 Å². The van der Waals surface area contributed by atoms with Gasteiger partial charge in [0.15, 0.2) is 0 Å². The molecule has 1 aliphatic rings. The Morgan fingerprint density at radius 2 is 2.38 bits per heavy atom. The first kappa shape index (κ1) is 11.1. The maximum absolute atomic E-state index is 11.1. The standard InChI is InChI=1S/C13H17NO2/c1-14-8-9-5-6-11-10(7-9)3-2-4-12(11)13(15)16/h2-4,9,14H,5-8H2,1H3,(H,15,16). The van der Waals surface area contributed by atoms with Crippen molar-refractivity contribution in [3.05, 3.63) is 34.9 Å². The molecule has 1 aliphatic carbocycles. The lowest BCUT2D eigenvalue weighted by Gasteiger charge is -2.25. The Bertz CT molecular complexity index is 401. The largest absolute Gasteiger partial charge is 0.478 e. The lowest BCUT2D eigenvalue weighted by molar-refractivity contribution is 0.0695. The van der Waals surface area contributed by atoms with Gasteiger partial charge in [0.25, 0.3) is 0 Å². The molecule has 0 saturated carbocycles. The molecule has 1 atom stereocenters. The molecule has 0 fully saturated rings. The van der Waals surface area contributed by atoms with Crippen LogP contribution in [0.3, 0.4) is 0 Å². The molecule has 0 radical (unpaired) electrons. The molecule has 2 rings (SSSR count). The van der Waals surface area contributed by atoms with Gasteiger partial charge in [-0.25, -0.2) is 4.79 Å². The van der Waals surface area contributed by atoms with Gasteiger partial charge in [-0.1, -0.05) is 12.1 Å². The Morgan fingerprint density at radius 3 is 3.06 bits per heavy atom. The molecule has 0 aliphatic heterocycles. The van der Waals surface area contributed by atoms with Crippen LogP contribution in [0.25, 0.3) is 0 Å². The first-order valence-electron chi connectivity index (χ1n) is 5.71. The Kier molecular flexibility index (Phi) is 3.25. The third kappa shape index (κ3) is 2.09. The second kappa shape index (κ2) is 4.66. The van der Waals surface area contributed by atoms with E-state index in [1.54, 1.807) is 6.07 Å². The van der Waals surface area contributed by atoms with Gasteiger partial charge in [0, 0.05) is 0 Å². The smallest absolute Gasteiger partial charge is 0.335 e. The van der Waals surface area contributed by atoms with Crippen LogP contribution < -0.4 is 5.32 Å². The highest BCUT2D eigenvalue weighted by Gasteiger charge is 2.22. The summed E-state index contributed by atoms with van der Waals surface area (Å²) in [6.45, 7) is 1.01. The number of aromatic carboxylic acids is 1. The average molecular weight is 219 g/mol. The molecular formula is C13H17NO2. The van der Waals surface area contributed by atoms with Crippen LogP contribution in [0.15, 0.2) is 18.2 Å². The predicted octanol–water partition coefficient (Wildman–Crippen LogP) is 1.71. The lowest BCUT2D eigenvalue weighted by Crippen LogP contribution is -2.25. The van der Waals surface area contributed by atoms with Gasteiger partial charge < -0.3 is 10.4 Å². The number of rotatable bonds is 3. The molecular weight excluding hydrogens is 202 g/mol. The first-order valence-corrected chi connectivity index (χ1v) is 5.71. The molecule has 86 valence electrons. The van der Waals surface area contributed by atoms with Gasteiger partial charge in [-0.2, -0.15) is 0 Å². The minimum atomic E-state index is -0.802. The van der Waals surface area contributed by atoms with Crippen LogP contribution in [0.5, 0.6) is 0 Å². The highest BCUT2D eigenvalue weighted by Crippen LogP contribution is 2.27. The van der Waals surface area contributed by atoms with E-state index in [2.05, 4.69) is 11.4 Å². The van der Waals surface area contributed by atoms with Crippen molar-refractivity contribution in [2.24, 2.45) is 5.92 Å². The molecule has 3 heteroatoms. The van der Waals surface area contributed by atoms with E-state index in [9.17, 15) is 4.79 Å². The Balaban J connectivity index is 2.27. The van der Waals surface area contributed by atoms with Crippen LogP contribution in [0.2, 0.25) is 0 Å². The van der Waals surface area contributed by atoms with Gasteiger partial charge in [0.1, 0.15) is 0 Å². The topological polar surface area (TPSA) is 49.3 Å². The van der Waals surface area contributed by atoms with E-state index in [4.69, 9.17) is 5.11 Å². The van der Waals surface area contributed by atoms with Crippen LogP contribution in [-0.4, -0.2) is 24.7 Å². The summed E-state index contributed by atoms with van der Waals surface area (Å²) in [5.74, 6) is -0.162. The van der Waals surface area contributed by atoms with Crippen molar-refractivity contribution in [3.63, 3.8) is 0 Å². The monoisotopic (exact) mass is 219 g/mol. The zero-order valence-corrected chi connectivity index (χ0v) is 9.49. The number of fused-ring (bicyclic) bond motifs is 1. The summed E-state index contributed by atoms with van der Waals surface area (Å²) in [6.07, 6.45) is 2.97. The van der Waals surface area contributed by atoms with Crippen molar-refractivity contribution in [2.75, 3.05) is 13.6 Å². The quantitative estimate of drug-likeness (QED) is 0.813. The van der Waals surface area contributed by atoms with E-state index in [0.29, 0.717) is 11.5 Å². The summed E-state index contributed by atoms with van der Waals surface area (Å²) in [5, 5.41) is 12.3. The third-order valence-electron chi connectivity index (χ3n) is 3.31. The number of hydrogen-bond acceptors (Lipinski definition) is 2. The summed E-state index contributed by atoms with van der Waals surface area (Å²) < 4.78 is 0. The van der Waals surface area contributed by atoms with Gasteiger partial charge in [-0.3, -0.25) is 0 Å². The number of carbonyl (C=O) groups is 1. The van der Waals surface area contributed by atoms with Crippen molar-refractivity contribution >= 4 is 5.97 Å². The van der Waals surface area contributed by atoms with E-state index in [-0.39, 0.29) is 0 Å². The van der Waals surface area contributed by atoms with Gasteiger partial charge >= 0.3 is 5.97 Å². The molecule has 0 spiro atoms. The molecule has 0 saturated heterocycles. The van der Waals surface area contributed by atoms with E-state index in [1.165, 1.54) is 5.56 Å². The van der Waals surface area contributed by atoms with Crippen molar-refractivity contribution in [1.82, 2.24) is 5.32 Å². The Morgan fingerprint density at radius 1 is 1.56 bits per heavy atom. The number of nitrogens with one attached hydrogen (secondary N) is 1. The van der Waals surface area contributed by atoms with Crippen LogP contribution in [-0.2, 0) is 12.8 Å². The predicted molar refractivity (Wildman–Crippen MR) is 62.8 cm³/mol. The fourth-order valence-corrected chi connectivity index (χ4v) is 2.55. The highest BCUT2D eigenvalue weighted by molar-refractivity contribution is 5.89. The molecule has 1 unspecified atom stereocenters. The molecule has 16 heavy (non-hydrogen) atoms. The zero-order chi connectivity index (χ0) is 11.5. The summed E-state index contributed by atoms with van der Waals surface area (Å²) in [4.78, 5) is 11.1. The minimum absolute atomic E-state index is 0.486. The van der Waals surface area contributed by atoms with E-state index in [0.717, 1.165) is 31.4 Å². The van der Waals surface area contributed by atoms with E-state index < -0.39 is 5.97 Å². The molecule has 0 heterocycles. The SMILES string of the molecule is CNCC1CCc2c(cccc2C(=O)O)C1. The van der Waals surface area contributed by atoms with Gasteiger partial charge in [-0.05, 0) is 56.0 Å². The second-order valence-corrected chi connectivity index (χ2v) is 4.41. The van der Waals surface area contributed by atoms with E-state index >= 15 is 0 Å². The normalized spacial score (nSPS) is 19.2. The third-order valence-corrected chi connectivity index (χ3v) is 3.31. The molecule has 1 aromatic carbocycles. The lowest BCUT2D eigenvalue weighted by atomic mass is 9.82. The zero-order valence-electron chi connectivity index (χ0n) is 9.49. The summed E-state index contributed by atoms with van der Waals surface area (Å²) in [5.41, 5.74) is 2.74. The first-order chi connectivity index (χ1) is 7.72. The van der Waals surface area contributed by atoms with Crippen molar-refractivity contribution in [2.45, 2.75) is 19.3 Å².